The van der Waals surface area contributed by atoms with Crippen LogP contribution in [0.25, 0.3) is 0 Å². The molecule has 0 saturated heterocycles. The van der Waals surface area contributed by atoms with Gasteiger partial charge in [-0.05, 0) is 23.8 Å². The third kappa shape index (κ3) is 2.44. The minimum absolute atomic E-state index is 0.111. The number of aromatic nitrogens is 1. The molecule has 0 atom stereocenters. The van der Waals surface area contributed by atoms with E-state index in [9.17, 15) is 4.79 Å². The van der Waals surface area contributed by atoms with Crippen molar-refractivity contribution in [3.63, 3.8) is 0 Å². The van der Waals surface area contributed by atoms with Crippen LogP contribution in [0.4, 0.5) is 5.69 Å². The molecule has 3 nitrogen and oxygen atoms in total. The van der Waals surface area contributed by atoms with Crippen molar-refractivity contribution in [2.24, 2.45) is 0 Å². The smallest absolute Gasteiger partial charge is 0.252 e. The molecule has 82 valence electrons. The number of anilines is 1. The van der Waals surface area contributed by atoms with E-state index in [4.69, 9.17) is 17.3 Å². The lowest BCUT2D eigenvalue weighted by molar-refractivity contribution is 0.760. The van der Waals surface area contributed by atoms with Crippen LogP contribution in [-0.2, 0) is 6.54 Å². The maximum atomic E-state index is 11.6. The first-order chi connectivity index (χ1) is 7.65. The minimum atomic E-state index is -0.111. The van der Waals surface area contributed by atoms with Gasteiger partial charge in [0, 0.05) is 23.0 Å². The molecule has 0 fully saturated rings. The highest BCUT2D eigenvalue weighted by Crippen LogP contribution is 2.11. The van der Waals surface area contributed by atoms with Crippen LogP contribution in [0.5, 0.6) is 0 Å². The quantitative estimate of drug-likeness (QED) is 0.866. The lowest BCUT2D eigenvalue weighted by Crippen LogP contribution is -2.19. The van der Waals surface area contributed by atoms with Gasteiger partial charge >= 0.3 is 0 Å². The van der Waals surface area contributed by atoms with E-state index in [1.165, 1.54) is 6.07 Å². The molecule has 2 aromatic rings. The summed E-state index contributed by atoms with van der Waals surface area (Å²) >= 11 is 5.87. The average Bonchev–Trinajstić information content (AvgIpc) is 2.22. The Labute approximate surface area is 98.1 Å². The van der Waals surface area contributed by atoms with Gasteiger partial charge in [0.2, 0.25) is 0 Å². The van der Waals surface area contributed by atoms with Gasteiger partial charge < -0.3 is 10.3 Å². The van der Waals surface area contributed by atoms with Crippen LogP contribution in [0, 0.1) is 0 Å². The summed E-state index contributed by atoms with van der Waals surface area (Å²) in [6, 6.07) is 10.5. The van der Waals surface area contributed by atoms with Crippen LogP contribution >= 0.6 is 11.6 Å². The first-order valence-electron chi connectivity index (χ1n) is 4.85. The number of hydrogen-bond acceptors (Lipinski definition) is 2. The van der Waals surface area contributed by atoms with E-state index in [0.717, 1.165) is 5.56 Å². The first kappa shape index (κ1) is 10.8. The Hall–Kier alpha value is -1.74. The maximum absolute atomic E-state index is 11.6. The van der Waals surface area contributed by atoms with E-state index in [0.29, 0.717) is 17.3 Å². The molecule has 1 aromatic heterocycles. The van der Waals surface area contributed by atoms with E-state index in [1.54, 1.807) is 22.9 Å². The molecule has 0 saturated carbocycles. The van der Waals surface area contributed by atoms with Crippen molar-refractivity contribution in [1.29, 1.82) is 0 Å². The number of hydrogen-bond donors (Lipinski definition) is 1. The zero-order chi connectivity index (χ0) is 11.5. The molecule has 2 N–H and O–H groups in total. The molecule has 0 spiro atoms. The molecule has 2 rings (SSSR count). The summed E-state index contributed by atoms with van der Waals surface area (Å²) in [5.74, 6) is 0. The number of benzene rings is 1. The molecule has 4 heteroatoms. The Balaban J connectivity index is 2.31. The van der Waals surface area contributed by atoms with Gasteiger partial charge in [-0.15, -0.1) is 0 Å². The second kappa shape index (κ2) is 4.41. The zero-order valence-corrected chi connectivity index (χ0v) is 9.32. The van der Waals surface area contributed by atoms with Gasteiger partial charge in [0.25, 0.3) is 5.56 Å². The molecule has 0 aliphatic rings. The van der Waals surface area contributed by atoms with Crippen LogP contribution in [-0.4, -0.2) is 4.57 Å². The highest BCUT2D eigenvalue weighted by molar-refractivity contribution is 6.30. The fraction of sp³-hybridized carbons (Fsp3) is 0.0833. The molecule has 0 amide bonds. The highest BCUT2D eigenvalue weighted by atomic mass is 35.5. The van der Waals surface area contributed by atoms with Crippen molar-refractivity contribution in [3.8, 4) is 0 Å². The van der Waals surface area contributed by atoms with Crippen LogP contribution in [0.1, 0.15) is 5.56 Å². The highest BCUT2D eigenvalue weighted by Gasteiger charge is 1.99. The molecule has 0 aliphatic heterocycles. The Kier molecular flexibility index (Phi) is 2.97. The van der Waals surface area contributed by atoms with Crippen LogP contribution in [0.3, 0.4) is 0 Å². The summed E-state index contributed by atoms with van der Waals surface area (Å²) in [6.45, 7) is 0.500. The lowest BCUT2D eigenvalue weighted by atomic mass is 10.2. The molecule has 1 aromatic carbocycles. The second-order valence-electron chi connectivity index (χ2n) is 3.56. The third-order valence-electron chi connectivity index (χ3n) is 2.26. The summed E-state index contributed by atoms with van der Waals surface area (Å²) in [6.07, 6.45) is 1.68. The molecule has 0 radical (unpaired) electrons. The number of nitrogen functional groups attached to an aromatic ring is 1. The van der Waals surface area contributed by atoms with E-state index in [1.807, 2.05) is 18.2 Å². The average molecular weight is 235 g/mol. The summed E-state index contributed by atoms with van der Waals surface area (Å²) in [4.78, 5) is 11.6. The summed E-state index contributed by atoms with van der Waals surface area (Å²) in [7, 11) is 0. The SMILES string of the molecule is Nc1ccn(Cc2cccc(Cl)c2)c(=O)c1. The Morgan fingerprint density at radius 3 is 2.75 bits per heavy atom. The number of pyridine rings is 1. The van der Waals surface area contributed by atoms with Crippen LogP contribution < -0.4 is 11.3 Å². The lowest BCUT2D eigenvalue weighted by Gasteiger charge is -2.06. The number of halogens is 1. The number of nitrogens with two attached hydrogens (primary N) is 1. The Morgan fingerprint density at radius 2 is 2.06 bits per heavy atom. The van der Waals surface area contributed by atoms with Gasteiger partial charge in [0.15, 0.2) is 0 Å². The van der Waals surface area contributed by atoms with Crippen molar-refractivity contribution in [1.82, 2.24) is 4.57 Å². The summed E-state index contributed by atoms with van der Waals surface area (Å²) in [5, 5.41) is 0.668. The Bertz CT molecular complexity index is 563. The molecular weight excluding hydrogens is 224 g/mol. The van der Waals surface area contributed by atoms with Crippen molar-refractivity contribution < 1.29 is 0 Å². The standard InChI is InChI=1S/C12H11ClN2O/c13-10-3-1-2-9(6-10)8-15-5-4-11(14)7-12(15)16/h1-7H,8,14H2. The van der Waals surface area contributed by atoms with Crippen molar-refractivity contribution in [3.05, 3.63) is 63.5 Å². The van der Waals surface area contributed by atoms with E-state index < -0.39 is 0 Å². The van der Waals surface area contributed by atoms with Gasteiger partial charge in [0.05, 0.1) is 6.54 Å². The normalized spacial score (nSPS) is 10.3. The Morgan fingerprint density at radius 1 is 1.25 bits per heavy atom. The molecule has 16 heavy (non-hydrogen) atoms. The fourth-order valence-corrected chi connectivity index (χ4v) is 1.70. The topological polar surface area (TPSA) is 48.0 Å². The minimum Gasteiger partial charge on any atom is -0.399 e. The fourth-order valence-electron chi connectivity index (χ4n) is 1.49. The van der Waals surface area contributed by atoms with Crippen molar-refractivity contribution in [2.45, 2.75) is 6.54 Å². The zero-order valence-electron chi connectivity index (χ0n) is 8.56. The van der Waals surface area contributed by atoms with E-state index >= 15 is 0 Å². The molecule has 1 heterocycles. The van der Waals surface area contributed by atoms with Crippen LogP contribution in [0.2, 0.25) is 5.02 Å². The predicted octanol–water partition coefficient (Wildman–Crippen LogP) is 2.13. The third-order valence-corrected chi connectivity index (χ3v) is 2.50. The van der Waals surface area contributed by atoms with Gasteiger partial charge in [-0.2, -0.15) is 0 Å². The second-order valence-corrected chi connectivity index (χ2v) is 3.99. The van der Waals surface area contributed by atoms with Crippen molar-refractivity contribution in [2.75, 3.05) is 5.73 Å². The molecular formula is C12H11ClN2O. The summed E-state index contributed by atoms with van der Waals surface area (Å²) in [5.41, 5.74) is 6.86. The summed E-state index contributed by atoms with van der Waals surface area (Å²) < 4.78 is 1.59. The molecule has 0 aliphatic carbocycles. The maximum Gasteiger partial charge on any atom is 0.252 e. The van der Waals surface area contributed by atoms with Gasteiger partial charge in [0.1, 0.15) is 0 Å². The van der Waals surface area contributed by atoms with Gasteiger partial charge in [-0.1, -0.05) is 23.7 Å². The van der Waals surface area contributed by atoms with Crippen LogP contribution in [0.15, 0.2) is 47.4 Å². The molecule has 0 bridgehead atoms. The number of nitrogens with zero attached hydrogens (tertiary/aromatic N) is 1. The van der Waals surface area contributed by atoms with E-state index in [2.05, 4.69) is 0 Å². The number of rotatable bonds is 2. The van der Waals surface area contributed by atoms with Gasteiger partial charge in [-0.3, -0.25) is 4.79 Å². The molecule has 0 unspecified atom stereocenters. The largest absolute Gasteiger partial charge is 0.399 e. The monoisotopic (exact) mass is 234 g/mol. The van der Waals surface area contributed by atoms with Crippen molar-refractivity contribution >= 4 is 17.3 Å². The van der Waals surface area contributed by atoms with E-state index in [-0.39, 0.29) is 5.56 Å². The van der Waals surface area contributed by atoms with Gasteiger partial charge in [-0.25, -0.2) is 0 Å². The first-order valence-corrected chi connectivity index (χ1v) is 5.23. The predicted molar refractivity (Wildman–Crippen MR) is 65.7 cm³/mol.